The lowest BCUT2D eigenvalue weighted by Crippen LogP contribution is -2.29. The van der Waals surface area contributed by atoms with E-state index in [1.165, 1.54) is 0 Å². The largest absolute Gasteiger partial charge is 0.487 e. The molecule has 1 saturated carbocycles. The van der Waals surface area contributed by atoms with E-state index in [4.69, 9.17) is 9.84 Å². The average Bonchev–Trinajstić information content (AvgIpc) is 3.23. The predicted molar refractivity (Wildman–Crippen MR) is 109 cm³/mol. The monoisotopic (exact) mass is 402 g/mol. The number of carbonyl (C=O) groups is 1. The molecule has 1 heterocycles. The zero-order valence-electron chi connectivity index (χ0n) is 16.4. The van der Waals surface area contributed by atoms with Crippen LogP contribution in [0.15, 0.2) is 48.6 Å². The first-order valence-electron chi connectivity index (χ1n) is 10.3. The highest BCUT2D eigenvalue weighted by Crippen LogP contribution is 2.37. The Labute approximate surface area is 171 Å². The van der Waals surface area contributed by atoms with Gasteiger partial charge in [0.2, 0.25) is 0 Å². The molecule has 0 saturated heterocycles. The highest BCUT2D eigenvalue weighted by molar-refractivity contribution is 5.66. The third-order valence-corrected chi connectivity index (χ3v) is 5.84. The van der Waals surface area contributed by atoms with E-state index in [1.54, 1.807) is 12.2 Å². The number of ether oxygens (including phenoxy) is 1. The smallest absolute Gasteiger partial charge is 0.303 e. The van der Waals surface area contributed by atoms with Crippen molar-refractivity contribution >= 4 is 5.97 Å². The summed E-state index contributed by atoms with van der Waals surface area (Å²) >= 11 is 0. The van der Waals surface area contributed by atoms with Gasteiger partial charge in [0.25, 0.3) is 0 Å². The van der Waals surface area contributed by atoms with E-state index in [-0.39, 0.29) is 24.4 Å². The molecule has 2 aliphatic rings. The summed E-state index contributed by atoms with van der Waals surface area (Å²) in [5.41, 5.74) is 1.08. The topological polar surface area (TPSA) is 107 Å². The molecule has 29 heavy (non-hydrogen) atoms. The highest BCUT2D eigenvalue weighted by Gasteiger charge is 2.39. The number of carboxylic acids is 1. The lowest BCUT2D eigenvalue weighted by atomic mass is 9.89. The zero-order valence-corrected chi connectivity index (χ0v) is 16.4. The fourth-order valence-electron chi connectivity index (χ4n) is 4.21. The molecule has 6 atom stereocenters. The van der Waals surface area contributed by atoms with Gasteiger partial charge in [-0.05, 0) is 36.8 Å². The van der Waals surface area contributed by atoms with E-state index in [0.29, 0.717) is 32.1 Å². The Morgan fingerprint density at radius 2 is 2.00 bits per heavy atom. The second-order valence-corrected chi connectivity index (χ2v) is 7.95. The first kappa shape index (κ1) is 21.6. The molecule has 0 bridgehead atoms. The van der Waals surface area contributed by atoms with Crippen molar-refractivity contribution in [1.82, 2.24) is 0 Å². The minimum absolute atomic E-state index is 0.133. The summed E-state index contributed by atoms with van der Waals surface area (Å²) in [5, 5.41) is 39.8. The molecule has 0 spiro atoms. The highest BCUT2D eigenvalue weighted by atomic mass is 16.5. The number of fused-ring (bicyclic) bond motifs is 1. The molecule has 0 radical (unpaired) electrons. The molecule has 1 aromatic rings. The van der Waals surface area contributed by atoms with Crippen LogP contribution in [-0.4, -0.2) is 50.8 Å². The molecular formula is C23H30O6. The number of hydrogen-bond donors (Lipinski definition) is 4. The van der Waals surface area contributed by atoms with Crippen LogP contribution in [0.5, 0.6) is 5.75 Å². The van der Waals surface area contributed by atoms with Gasteiger partial charge >= 0.3 is 5.97 Å². The minimum Gasteiger partial charge on any atom is -0.487 e. The fraction of sp³-hybridized carbons (Fsp3) is 0.522. The summed E-state index contributed by atoms with van der Waals surface area (Å²) in [6, 6.07) is 7.73. The number of aliphatic carboxylic acids is 1. The number of carboxylic acid groups (broad SMARTS) is 1. The van der Waals surface area contributed by atoms with Gasteiger partial charge in [-0.15, -0.1) is 0 Å². The van der Waals surface area contributed by atoms with Crippen molar-refractivity contribution in [3.8, 4) is 5.75 Å². The lowest BCUT2D eigenvalue weighted by molar-refractivity contribution is -0.137. The van der Waals surface area contributed by atoms with Gasteiger partial charge in [-0.2, -0.15) is 0 Å². The van der Waals surface area contributed by atoms with Gasteiger partial charge in [-0.1, -0.05) is 42.5 Å². The normalized spacial score (nSPS) is 30.0. The molecule has 1 aromatic carbocycles. The summed E-state index contributed by atoms with van der Waals surface area (Å²) in [4.78, 5) is 10.5. The number of hydrogen-bond acceptors (Lipinski definition) is 5. The molecule has 1 fully saturated rings. The summed E-state index contributed by atoms with van der Waals surface area (Å²) in [6.07, 6.45) is 7.92. The van der Waals surface area contributed by atoms with E-state index in [0.717, 1.165) is 11.3 Å². The van der Waals surface area contributed by atoms with E-state index >= 15 is 0 Å². The second kappa shape index (κ2) is 10.1. The van der Waals surface area contributed by atoms with Gasteiger partial charge in [-0.3, -0.25) is 4.79 Å². The third kappa shape index (κ3) is 5.69. The molecular weight excluding hydrogens is 372 g/mol. The maximum atomic E-state index is 10.5. The minimum atomic E-state index is -0.800. The average molecular weight is 402 g/mol. The SMILES string of the molecule is O=C(O)CCC/C=C\C[C@@H]1C(/C=C/[C@@H](O)[C@@H]2Cc3ccccc3O2)[C@H](O)C[C@@H]1O. The second-order valence-electron chi connectivity index (χ2n) is 7.95. The molecule has 0 amide bonds. The summed E-state index contributed by atoms with van der Waals surface area (Å²) in [6.45, 7) is 0. The third-order valence-electron chi connectivity index (χ3n) is 5.84. The first-order valence-corrected chi connectivity index (χ1v) is 10.3. The van der Waals surface area contributed by atoms with Crippen LogP contribution >= 0.6 is 0 Å². The Morgan fingerprint density at radius 3 is 2.76 bits per heavy atom. The van der Waals surface area contributed by atoms with E-state index in [1.807, 2.05) is 36.4 Å². The Hall–Kier alpha value is -2.15. The van der Waals surface area contributed by atoms with Gasteiger partial charge < -0.3 is 25.2 Å². The van der Waals surface area contributed by atoms with Crippen molar-refractivity contribution in [2.24, 2.45) is 11.8 Å². The number of benzene rings is 1. The Balaban J connectivity index is 1.53. The lowest BCUT2D eigenvalue weighted by Gasteiger charge is -2.20. The summed E-state index contributed by atoms with van der Waals surface area (Å²) in [7, 11) is 0. The van der Waals surface area contributed by atoms with Crippen molar-refractivity contribution < 1.29 is 30.0 Å². The molecule has 6 nitrogen and oxygen atoms in total. The van der Waals surface area contributed by atoms with Crippen LogP contribution in [0.1, 0.15) is 37.7 Å². The quantitative estimate of drug-likeness (QED) is 0.373. The van der Waals surface area contributed by atoms with E-state index < -0.39 is 24.3 Å². The van der Waals surface area contributed by atoms with Crippen molar-refractivity contribution in [2.75, 3.05) is 0 Å². The molecule has 158 valence electrons. The van der Waals surface area contributed by atoms with Crippen molar-refractivity contribution in [3.05, 3.63) is 54.1 Å². The van der Waals surface area contributed by atoms with Crippen LogP contribution in [0, 0.1) is 11.8 Å². The van der Waals surface area contributed by atoms with Crippen LogP contribution in [0.3, 0.4) is 0 Å². The van der Waals surface area contributed by atoms with Crippen molar-refractivity contribution in [2.45, 2.75) is 62.9 Å². The maximum absolute atomic E-state index is 10.5. The van der Waals surface area contributed by atoms with E-state index in [9.17, 15) is 20.1 Å². The Bertz CT molecular complexity index is 718. The van der Waals surface area contributed by atoms with Gasteiger partial charge in [-0.25, -0.2) is 0 Å². The number of allylic oxidation sites excluding steroid dienone is 2. The van der Waals surface area contributed by atoms with Gasteiger partial charge in [0.15, 0.2) is 0 Å². The number of unbranched alkanes of at least 4 members (excludes halogenated alkanes) is 1. The van der Waals surface area contributed by atoms with E-state index in [2.05, 4.69) is 0 Å². The first-order chi connectivity index (χ1) is 14.0. The number of aliphatic hydroxyl groups excluding tert-OH is 3. The van der Waals surface area contributed by atoms with Crippen LogP contribution in [0.4, 0.5) is 0 Å². The van der Waals surface area contributed by atoms with Gasteiger partial charge in [0.1, 0.15) is 18.0 Å². The molecule has 0 aromatic heterocycles. The Morgan fingerprint density at radius 1 is 1.21 bits per heavy atom. The van der Waals surface area contributed by atoms with Crippen molar-refractivity contribution in [1.29, 1.82) is 0 Å². The summed E-state index contributed by atoms with van der Waals surface area (Å²) < 4.78 is 5.81. The molecule has 1 unspecified atom stereocenters. The standard InChI is InChI=1S/C23H30O6/c24-18(22-13-15-7-5-6-9-21(15)29-22)12-11-17-16(19(25)14-20(17)26)8-3-1-2-4-10-23(27)28/h1,3,5-7,9,11-12,16-20,22,24-26H,2,4,8,10,13-14H2,(H,27,28)/b3-1-,12-11+/t16-,17?,18-,19+,20-,22+/m1/s1. The molecule has 4 N–H and O–H groups in total. The molecule has 1 aliphatic heterocycles. The number of para-hydroxylation sites is 1. The fourth-order valence-corrected chi connectivity index (χ4v) is 4.21. The zero-order chi connectivity index (χ0) is 20.8. The van der Waals surface area contributed by atoms with Crippen LogP contribution in [-0.2, 0) is 11.2 Å². The molecule has 3 rings (SSSR count). The molecule has 1 aliphatic carbocycles. The number of aliphatic hydroxyl groups is 3. The summed E-state index contributed by atoms with van der Waals surface area (Å²) in [5.74, 6) is -0.379. The van der Waals surface area contributed by atoms with Crippen molar-refractivity contribution in [3.63, 3.8) is 0 Å². The van der Waals surface area contributed by atoms with Crippen LogP contribution in [0.2, 0.25) is 0 Å². The van der Waals surface area contributed by atoms with Gasteiger partial charge in [0.05, 0.1) is 12.2 Å². The Kier molecular flexibility index (Phi) is 7.47. The van der Waals surface area contributed by atoms with Gasteiger partial charge in [0, 0.05) is 25.2 Å². The van der Waals surface area contributed by atoms with Crippen LogP contribution < -0.4 is 4.74 Å². The number of rotatable bonds is 9. The maximum Gasteiger partial charge on any atom is 0.303 e. The molecule has 6 heteroatoms. The van der Waals surface area contributed by atoms with Crippen LogP contribution in [0.25, 0.3) is 0 Å². The predicted octanol–water partition coefficient (Wildman–Crippen LogP) is 2.47.